The lowest BCUT2D eigenvalue weighted by Crippen LogP contribution is -2.12. The highest BCUT2D eigenvalue weighted by atomic mass is 32.1. The Kier molecular flexibility index (Phi) is 5.13. The van der Waals surface area contributed by atoms with Gasteiger partial charge in [-0.05, 0) is 19.1 Å². The molecule has 0 fully saturated rings. The summed E-state index contributed by atoms with van der Waals surface area (Å²) in [6, 6.07) is 14.1. The van der Waals surface area contributed by atoms with Crippen LogP contribution in [0.25, 0.3) is 11.3 Å². The summed E-state index contributed by atoms with van der Waals surface area (Å²) < 4.78 is 1.85. The Bertz CT molecular complexity index is 903. The summed E-state index contributed by atoms with van der Waals surface area (Å²) in [5, 5.41) is 6.67. The van der Waals surface area contributed by atoms with Crippen LogP contribution in [0.3, 0.4) is 0 Å². The lowest BCUT2D eigenvalue weighted by molar-refractivity contribution is 0.839. The lowest BCUT2D eigenvalue weighted by atomic mass is 10.1. The minimum atomic E-state index is 0.562. The Morgan fingerprint density at radius 3 is 2.75 bits per heavy atom. The molecule has 0 aliphatic heterocycles. The van der Waals surface area contributed by atoms with Crippen LogP contribution in [0.1, 0.15) is 11.3 Å². The highest BCUT2D eigenvalue weighted by Gasteiger charge is 2.07. The predicted octanol–water partition coefficient (Wildman–Crippen LogP) is 3.89. The van der Waals surface area contributed by atoms with E-state index in [0.717, 1.165) is 21.8 Å². The van der Waals surface area contributed by atoms with Crippen LogP contribution in [-0.4, -0.2) is 22.4 Å². The third kappa shape index (κ3) is 3.75. The Hall–Kier alpha value is -2.79. The van der Waals surface area contributed by atoms with Gasteiger partial charge >= 0.3 is 0 Å². The minimum Gasteiger partial charge on any atom is -0.255 e. The van der Waals surface area contributed by atoms with Crippen molar-refractivity contribution < 1.29 is 0 Å². The molecule has 3 aromatic rings. The monoisotopic (exact) mass is 334 g/mol. The normalized spacial score (nSPS) is 12.0. The first-order chi connectivity index (χ1) is 11.8. The first kappa shape index (κ1) is 16.1. The quantitative estimate of drug-likeness (QED) is 0.515. The molecular weight excluding hydrogens is 316 g/mol. The summed E-state index contributed by atoms with van der Waals surface area (Å²) >= 11 is 1.56. The fourth-order valence-electron chi connectivity index (χ4n) is 2.15. The number of hydrogen-bond donors (Lipinski definition) is 0. The highest BCUT2D eigenvalue weighted by molar-refractivity contribution is 7.07. The van der Waals surface area contributed by atoms with Crippen molar-refractivity contribution in [3.05, 3.63) is 82.8 Å². The van der Waals surface area contributed by atoms with Crippen LogP contribution in [0, 0.1) is 6.92 Å². The number of aromatic nitrogens is 2. The van der Waals surface area contributed by atoms with Crippen LogP contribution in [0.5, 0.6) is 0 Å². The second-order valence-corrected chi connectivity index (χ2v) is 6.05. The van der Waals surface area contributed by atoms with Crippen molar-refractivity contribution in [2.45, 2.75) is 6.92 Å². The molecule has 0 radical (unpaired) electrons. The second kappa shape index (κ2) is 7.66. The summed E-state index contributed by atoms with van der Waals surface area (Å²) in [6.07, 6.45) is 5.28. The van der Waals surface area contributed by atoms with E-state index in [4.69, 9.17) is 0 Å². The topological polar surface area (TPSA) is 42.5 Å². The zero-order valence-electron chi connectivity index (χ0n) is 13.5. The summed E-state index contributed by atoms with van der Waals surface area (Å²) in [5.41, 5.74) is 4.15. The SMILES string of the molecule is C=CCN=c1scc(-c2ccc(C)cc2)n1N=Cc1ccccn1. The number of hydrogen-bond acceptors (Lipinski definition) is 4. The van der Waals surface area contributed by atoms with E-state index >= 15 is 0 Å². The zero-order valence-corrected chi connectivity index (χ0v) is 14.3. The van der Waals surface area contributed by atoms with Crippen molar-refractivity contribution in [1.29, 1.82) is 0 Å². The van der Waals surface area contributed by atoms with Gasteiger partial charge < -0.3 is 0 Å². The largest absolute Gasteiger partial charge is 0.255 e. The molecule has 0 amide bonds. The maximum absolute atomic E-state index is 4.60. The van der Waals surface area contributed by atoms with Gasteiger partial charge in [-0.3, -0.25) is 9.98 Å². The molecule has 1 aromatic carbocycles. The summed E-state index contributed by atoms with van der Waals surface area (Å²) in [5.74, 6) is 0. The van der Waals surface area contributed by atoms with Crippen molar-refractivity contribution in [3.63, 3.8) is 0 Å². The average Bonchev–Trinajstić information content (AvgIpc) is 3.02. The second-order valence-electron chi connectivity index (χ2n) is 5.21. The molecule has 0 bridgehead atoms. The summed E-state index contributed by atoms with van der Waals surface area (Å²) in [7, 11) is 0. The number of pyridine rings is 1. The first-order valence-corrected chi connectivity index (χ1v) is 8.50. The van der Waals surface area contributed by atoms with Gasteiger partial charge in [0.25, 0.3) is 0 Å². The van der Waals surface area contributed by atoms with Crippen LogP contribution < -0.4 is 4.80 Å². The van der Waals surface area contributed by atoms with E-state index in [-0.39, 0.29) is 0 Å². The van der Waals surface area contributed by atoms with Gasteiger partial charge in [-0.15, -0.1) is 17.9 Å². The zero-order chi connectivity index (χ0) is 16.8. The maximum Gasteiger partial charge on any atom is 0.206 e. The molecule has 5 heteroatoms. The highest BCUT2D eigenvalue weighted by Crippen LogP contribution is 2.20. The molecule has 0 N–H and O–H groups in total. The molecule has 24 heavy (non-hydrogen) atoms. The van der Waals surface area contributed by atoms with Crippen molar-refractivity contribution in [1.82, 2.24) is 9.66 Å². The maximum atomic E-state index is 4.60. The Morgan fingerprint density at radius 2 is 2.04 bits per heavy atom. The molecule has 0 saturated heterocycles. The van der Waals surface area contributed by atoms with E-state index in [2.05, 4.69) is 58.2 Å². The van der Waals surface area contributed by atoms with Gasteiger partial charge in [-0.2, -0.15) is 5.10 Å². The Morgan fingerprint density at radius 1 is 1.21 bits per heavy atom. The van der Waals surface area contributed by atoms with Crippen LogP contribution in [-0.2, 0) is 0 Å². The molecule has 3 rings (SSSR count). The summed E-state index contributed by atoms with van der Waals surface area (Å²) in [6.45, 7) is 6.37. The van der Waals surface area contributed by atoms with Crippen LogP contribution in [0.4, 0.5) is 0 Å². The number of benzene rings is 1. The molecule has 4 nitrogen and oxygen atoms in total. The average molecular weight is 334 g/mol. The van der Waals surface area contributed by atoms with Crippen molar-refractivity contribution in [2.75, 3.05) is 6.54 Å². The van der Waals surface area contributed by atoms with Gasteiger partial charge in [0.05, 0.1) is 24.1 Å². The number of rotatable bonds is 5. The molecular formula is C19H18N4S. The van der Waals surface area contributed by atoms with E-state index < -0.39 is 0 Å². The Labute approximate surface area is 145 Å². The molecule has 2 heterocycles. The molecule has 0 aliphatic rings. The van der Waals surface area contributed by atoms with Gasteiger partial charge in [0.1, 0.15) is 0 Å². The predicted molar refractivity (Wildman–Crippen MR) is 100 cm³/mol. The van der Waals surface area contributed by atoms with Gasteiger partial charge in [-0.1, -0.05) is 42.0 Å². The van der Waals surface area contributed by atoms with E-state index in [1.807, 2.05) is 22.9 Å². The molecule has 2 aromatic heterocycles. The fraction of sp³-hybridized carbons (Fsp3) is 0.105. The summed E-state index contributed by atoms with van der Waals surface area (Å²) in [4.78, 5) is 9.64. The van der Waals surface area contributed by atoms with Gasteiger partial charge in [-0.25, -0.2) is 4.68 Å². The van der Waals surface area contributed by atoms with E-state index in [1.54, 1.807) is 29.8 Å². The molecule has 0 aliphatic carbocycles. The minimum absolute atomic E-state index is 0.562. The molecule has 0 saturated carbocycles. The van der Waals surface area contributed by atoms with Crippen molar-refractivity contribution in [2.24, 2.45) is 10.1 Å². The van der Waals surface area contributed by atoms with E-state index in [1.165, 1.54) is 5.56 Å². The smallest absolute Gasteiger partial charge is 0.206 e. The number of nitrogens with zero attached hydrogens (tertiary/aromatic N) is 4. The molecule has 0 atom stereocenters. The lowest BCUT2D eigenvalue weighted by Gasteiger charge is -2.04. The van der Waals surface area contributed by atoms with Gasteiger partial charge in [0.2, 0.25) is 4.80 Å². The van der Waals surface area contributed by atoms with Crippen molar-refractivity contribution in [3.8, 4) is 11.3 Å². The number of aryl methyl sites for hydroxylation is 1. The third-order valence-corrected chi connectivity index (χ3v) is 4.24. The van der Waals surface area contributed by atoms with E-state index in [9.17, 15) is 0 Å². The van der Waals surface area contributed by atoms with Crippen LogP contribution in [0.15, 0.2) is 76.8 Å². The first-order valence-electron chi connectivity index (χ1n) is 7.62. The number of thiazole rings is 1. The molecule has 0 unspecified atom stereocenters. The molecule has 120 valence electrons. The van der Waals surface area contributed by atoms with Crippen LogP contribution >= 0.6 is 11.3 Å². The van der Waals surface area contributed by atoms with Crippen molar-refractivity contribution >= 4 is 17.6 Å². The van der Waals surface area contributed by atoms with Gasteiger partial charge in [0.15, 0.2) is 0 Å². The fourth-order valence-corrected chi connectivity index (χ4v) is 3.00. The van der Waals surface area contributed by atoms with Crippen LogP contribution in [0.2, 0.25) is 0 Å². The Balaban J connectivity index is 2.06. The third-order valence-electron chi connectivity index (χ3n) is 3.38. The molecule has 0 spiro atoms. The van der Waals surface area contributed by atoms with E-state index in [0.29, 0.717) is 6.54 Å². The standard InChI is InChI=1S/C19H18N4S/c1-3-11-21-19-23(22-13-17-6-4-5-12-20-17)18(14-24-19)16-9-7-15(2)8-10-16/h3-10,12-14H,1,11H2,2H3. The van der Waals surface area contributed by atoms with Gasteiger partial charge in [0, 0.05) is 17.1 Å².